The van der Waals surface area contributed by atoms with Crippen LogP contribution in [0.4, 0.5) is 0 Å². The van der Waals surface area contributed by atoms with E-state index >= 15 is 0 Å². The zero-order chi connectivity index (χ0) is 20.7. The lowest BCUT2D eigenvalue weighted by Crippen LogP contribution is -2.41. The van der Waals surface area contributed by atoms with Gasteiger partial charge in [-0.3, -0.25) is 5.01 Å². The van der Waals surface area contributed by atoms with Crippen molar-refractivity contribution in [3.8, 4) is 0 Å². The smallest absolute Gasteiger partial charge is 0.486 e. The molecule has 5 nitrogen and oxygen atoms in total. The molecule has 1 saturated heterocycles. The number of hydrazone groups is 1. The second kappa shape index (κ2) is 7.40. The van der Waals surface area contributed by atoms with E-state index in [9.17, 15) is 0 Å². The van der Waals surface area contributed by atoms with Crippen molar-refractivity contribution >= 4 is 30.4 Å². The van der Waals surface area contributed by atoms with E-state index in [1.807, 2.05) is 29.3 Å². The monoisotopic (exact) mass is 404 g/mol. The van der Waals surface area contributed by atoms with Gasteiger partial charge in [0.2, 0.25) is 0 Å². The molecule has 0 spiro atoms. The molecule has 3 rings (SSSR count). The van der Waals surface area contributed by atoms with E-state index in [0.717, 1.165) is 11.0 Å². The SMILES string of the molecule is CC(C)(C)N1CC(Cl)=C(OCc2ccc(B3OC(C)(C)C(C)(C)O3)cc2)C=N1. The van der Waals surface area contributed by atoms with Crippen LogP contribution >= 0.6 is 11.6 Å². The zero-order valence-corrected chi connectivity index (χ0v) is 18.6. The minimum atomic E-state index is -0.356. The normalized spacial score (nSPS) is 21.4. The highest BCUT2D eigenvalue weighted by Gasteiger charge is 2.51. The average molecular weight is 405 g/mol. The lowest BCUT2D eigenvalue weighted by molar-refractivity contribution is 0.00578. The summed E-state index contributed by atoms with van der Waals surface area (Å²) in [5.41, 5.74) is 1.28. The van der Waals surface area contributed by atoms with Crippen LogP contribution in [0, 0.1) is 0 Å². The topological polar surface area (TPSA) is 43.3 Å². The molecule has 1 fully saturated rings. The molecule has 0 aromatic heterocycles. The van der Waals surface area contributed by atoms with Gasteiger partial charge in [0.1, 0.15) is 6.61 Å². The highest BCUT2D eigenvalue weighted by molar-refractivity contribution is 6.62. The second-order valence-corrected chi connectivity index (χ2v) is 9.82. The molecule has 7 heteroatoms. The first-order valence-corrected chi connectivity index (χ1v) is 10.0. The maximum atomic E-state index is 6.40. The van der Waals surface area contributed by atoms with Crippen LogP contribution in [0.25, 0.3) is 0 Å². The largest absolute Gasteiger partial charge is 0.494 e. The molecular weight excluding hydrogens is 375 g/mol. The van der Waals surface area contributed by atoms with E-state index in [-0.39, 0.29) is 23.9 Å². The van der Waals surface area contributed by atoms with Crippen LogP contribution in [0.5, 0.6) is 0 Å². The third-order valence-corrected chi connectivity index (χ3v) is 5.85. The first-order valence-electron chi connectivity index (χ1n) is 9.67. The van der Waals surface area contributed by atoms with Gasteiger partial charge in [-0.15, -0.1) is 0 Å². The Morgan fingerprint density at radius 2 is 1.68 bits per heavy atom. The predicted octanol–water partition coefficient (Wildman–Crippen LogP) is 4.05. The van der Waals surface area contributed by atoms with Crippen LogP contribution in [0.1, 0.15) is 54.0 Å². The molecule has 2 aliphatic rings. The average Bonchev–Trinajstić information content (AvgIpc) is 2.81. The molecule has 0 amide bonds. The first kappa shape index (κ1) is 21.2. The first-order chi connectivity index (χ1) is 12.9. The summed E-state index contributed by atoms with van der Waals surface area (Å²) in [6.45, 7) is 15.5. The van der Waals surface area contributed by atoms with Crippen LogP contribution in [-0.4, -0.2) is 41.6 Å². The van der Waals surface area contributed by atoms with E-state index in [4.69, 9.17) is 25.6 Å². The van der Waals surface area contributed by atoms with Gasteiger partial charge in [0, 0.05) is 5.54 Å². The summed E-state index contributed by atoms with van der Waals surface area (Å²) in [5.74, 6) is 0.622. The predicted molar refractivity (Wildman–Crippen MR) is 115 cm³/mol. The lowest BCUT2D eigenvalue weighted by Gasteiger charge is -2.34. The van der Waals surface area contributed by atoms with Crippen LogP contribution in [0.3, 0.4) is 0 Å². The maximum Gasteiger partial charge on any atom is 0.494 e. The molecule has 0 N–H and O–H groups in total. The molecule has 1 aromatic rings. The summed E-state index contributed by atoms with van der Waals surface area (Å²) in [4.78, 5) is 0. The van der Waals surface area contributed by atoms with Crippen molar-refractivity contribution in [3.05, 3.63) is 40.6 Å². The van der Waals surface area contributed by atoms with E-state index in [0.29, 0.717) is 23.9 Å². The number of nitrogens with zero attached hydrogens (tertiary/aromatic N) is 2. The van der Waals surface area contributed by atoms with Gasteiger partial charge in [-0.1, -0.05) is 35.9 Å². The fraction of sp³-hybridized carbons (Fsp3) is 0.571. The molecule has 2 heterocycles. The quantitative estimate of drug-likeness (QED) is 0.710. The molecule has 2 aliphatic heterocycles. The van der Waals surface area contributed by atoms with Gasteiger partial charge in [0.25, 0.3) is 0 Å². The van der Waals surface area contributed by atoms with Gasteiger partial charge >= 0.3 is 7.12 Å². The molecule has 0 aliphatic carbocycles. The molecule has 152 valence electrons. The molecule has 1 aromatic carbocycles. The van der Waals surface area contributed by atoms with Crippen molar-refractivity contribution < 1.29 is 14.0 Å². The highest BCUT2D eigenvalue weighted by atomic mass is 35.5. The fourth-order valence-electron chi connectivity index (χ4n) is 2.88. The molecular formula is C21H30BClN2O3. The van der Waals surface area contributed by atoms with Gasteiger partial charge in [0.15, 0.2) is 5.76 Å². The van der Waals surface area contributed by atoms with Gasteiger partial charge in [0.05, 0.1) is 29.0 Å². The van der Waals surface area contributed by atoms with E-state index in [1.165, 1.54) is 0 Å². The van der Waals surface area contributed by atoms with E-state index in [2.05, 4.69) is 53.6 Å². The number of rotatable bonds is 4. The second-order valence-electron chi connectivity index (χ2n) is 9.36. The summed E-state index contributed by atoms with van der Waals surface area (Å²) < 4.78 is 18.1. The highest BCUT2D eigenvalue weighted by Crippen LogP contribution is 2.36. The maximum absolute atomic E-state index is 6.40. The minimum absolute atomic E-state index is 0.0779. The Kier molecular flexibility index (Phi) is 5.61. The van der Waals surface area contributed by atoms with Crippen molar-refractivity contribution in [2.45, 2.75) is 71.8 Å². The van der Waals surface area contributed by atoms with Crippen molar-refractivity contribution in [3.63, 3.8) is 0 Å². The van der Waals surface area contributed by atoms with E-state index in [1.54, 1.807) is 6.21 Å². The summed E-state index contributed by atoms with van der Waals surface area (Å²) in [6, 6.07) is 8.09. The van der Waals surface area contributed by atoms with Crippen molar-refractivity contribution in [2.75, 3.05) is 6.54 Å². The van der Waals surface area contributed by atoms with Gasteiger partial charge in [-0.25, -0.2) is 0 Å². The zero-order valence-electron chi connectivity index (χ0n) is 17.9. The van der Waals surface area contributed by atoms with Gasteiger partial charge in [-0.05, 0) is 59.5 Å². The van der Waals surface area contributed by atoms with Gasteiger partial charge in [-0.2, -0.15) is 5.10 Å². The number of benzene rings is 1. The summed E-state index contributed by atoms with van der Waals surface area (Å²) in [6.07, 6.45) is 1.69. The molecule has 0 bridgehead atoms. The van der Waals surface area contributed by atoms with Crippen molar-refractivity contribution in [1.29, 1.82) is 0 Å². The Bertz CT molecular complexity index is 766. The number of allylic oxidation sites excluding steroid dienone is 1. The Labute approximate surface area is 173 Å². The standard InChI is InChI=1S/C21H30BClN2O3/c1-19(2,3)25-13-17(23)18(12-24-25)26-14-15-8-10-16(11-9-15)22-27-20(4,5)21(6,7)28-22/h8-12H,13-14H2,1-7H3. The number of halogens is 1. The molecule has 0 unspecified atom stereocenters. The van der Waals surface area contributed by atoms with Crippen LogP contribution in [-0.2, 0) is 20.7 Å². The van der Waals surface area contributed by atoms with Crippen molar-refractivity contribution in [1.82, 2.24) is 5.01 Å². The Balaban J connectivity index is 1.60. The van der Waals surface area contributed by atoms with Crippen LogP contribution in [0.15, 0.2) is 40.2 Å². The molecule has 0 atom stereocenters. The summed E-state index contributed by atoms with van der Waals surface area (Å²) in [5, 5.41) is 7.06. The Morgan fingerprint density at radius 1 is 1.11 bits per heavy atom. The van der Waals surface area contributed by atoms with Gasteiger partial charge < -0.3 is 14.0 Å². The summed E-state index contributed by atoms with van der Waals surface area (Å²) >= 11 is 6.40. The molecule has 0 saturated carbocycles. The number of hydrogen-bond acceptors (Lipinski definition) is 5. The minimum Gasteiger partial charge on any atom is -0.486 e. The third-order valence-electron chi connectivity index (χ3n) is 5.54. The fourth-order valence-corrected chi connectivity index (χ4v) is 3.10. The van der Waals surface area contributed by atoms with Crippen LogP contribution in [0.2, 0.25) is 0 Å². The number of ether oxygens (including phenoxy) is 1. The van der Waals surface area contributed by atoms with E-state index < -0.39 is 0 Å². The lowest BCUT2D eigenvalue weighted by atomic mass is 9.79. The Hall–Kier alpha value is -1.50. The van der Waals surface area contributed by atoms with Crippen molar-refractivity contribution in [2.24, 2.45) is 5.10 Å². The number of hydrogen-bond donors (Lipinski definition) is 0. The third kappa shape index (κ3) is 4.39. The molecule has 28 heavy (non-hydrogen) atoms. The molecule has 0 radical (unpaired) electrons. The van der Waals surface area contributed by atoms with Crippen LogP contribution < -0.4 is 5.46 Å². The summed E-state index contributed by atoms with van der Waals surface area (Å²) in [7, 11) is -0.356. The Morgan fingerprint density at radius 3 is 2.18 bits per heavy atom.